The Labute approximate surface area is 137 Å². The fourth-order valence-corrected chi connectivity index (χ4v) is 2.28. The van der Waals surface area contributed by atoms with Gasteiger partial charge >= 0.3 is 5.97 Å². The van der Waals surface area contributed by atoms with Crippen LogP contribution < -0.4 is 4.74 Å². The minimum absolute atomic E-state index is 0.127. The third-order valence-corrected chi connectivity index (χ3v) is 3.56. The zero-order valence-corrected chi connectivity index (χ0v) is 13.1. The van der Waals surface area contributed by atoms with Crippen LogP contribution in [0.3, 0.4) is 0 Å². The summed E-state index contributed by atoms with van der Waals surface area (Å²) in [6.45, 7) is -0.127. The number of halogens is 1. The maximum absolute atomic E-state index is 11.1. The van der Waals surface area contributed by atoms with Crippen molar-refractivity contribution in [3.05, 3.63) is 53.7 Å². The lowest BCUT2D eigenvalue weighted by molar-refractivity contribution is -0.142. The summed E-state index contributed by atoms with van der Waals surface area (Å²) in [7, 11) is 1.32. The van der Waals surface area contributed by atoms with Crippen molar-refractivity contribution in [3.63, 3.8) is 0 Å². The summed E-state index contributed by atoms with van der Waals surface area (Å²) in [5.41, 5.74) is 1.54. The molecule has 0 aliphatic heterocycles. The lowest BCUT2D eigenvalue weighted by Gasteiger charge is -2.06. The van der Waals surface area contributed by atoms with E-state index in [2.05, 4.69) is 14.7 Å². The van der Waals surface area contributed by atoms with Crippen LogP contribution in [-0.2, 0) is 9.53 Å². The number of aromatic nitrogens is 2. The molecule has 0 atom stereocenters. The van der Waals surface area contributed by atoms with E-state index in [0.717, 1.165) is 10.9 Å². The molecule has 0 aliphatic rings. The number of fused-ring (bicyclic) bond motifs is 1. The van der Waals surface area contributed by atoms with E-state index < -0.39 is 5.97 Å². The number of ether oxygens (including phenoxy) is 2. The van der Waals surface area contributed by atoms with Gasteiger partial charge in [-0.25, -0.2) is 14.8 Å². The van der Waals surface area contributed by atoms with Crippen LogP contribution >= 0.6 is 11.6 Å². The number of hydrogen-bond acceptors (Lipinski definition) is 5. The first kappa shape index (κ1) is 15.2. The second-order valence-corrected chi connectivity index (χ2v) is 5.17. The van der Waals surface area contributed by atoms with Crippen molar-refractivity contribution >= 4 is 28.5 Å². The Morgan fingerprint density at radius 1 is 1.17 bits per heavy atom. The summed E-state index contributed by atoms with van der Waals surface area (Å²) in [5.74, 6) is 0.713. The number of nitrogens with zero attached hydrogens (tertiary/aromatic N) is 2. The van der Waals surface area contributed by atoms with Gasteiger partial charge in [0, 0.05) is 17.1 Å². The number of carbonyl (C=O) groups excluding carboxylic acids is 1. The van der Waals surface area contributed by atoms with Crippen LogP contribution in [0.5, 0.6) is 5.75 Å². The first-order valence-corrected chi connectivity index (χ1v) is 7.26. The molecular weight excluding hydrogens is 316 g/mol. The molecular formula is C17H13ClN2O3. The number of benzene rings is 2. The largest absolute Gasteiger partial charge is 0.482 e. The lowest BCUT2D eigenvalue weighted by atomic mass is 10.2. The predicted octanol–water partition coefficient (Wildman–Crippen LogP) is 3.50. The highest BCUT2D eigenvalue weighted by Crippen LogP contribution is 2.25. The van der Waals surface area contributed by atoms with E-state index in [1.807, 2.05) is 24.3 Å². The maximum Gasteiger partial charge on any atom is 0.343 e. The van der Waals surface area contributed by atoms with Crippen molar-refractivity contribution < 1.29 is 14.3 Å². The molecule has 3 rings (SSSR count). The maximum atomic E-state index is 11.1. The number of para-hydroxylation sites is 1. The zero-order chi connectivity index (χ0) is 16.2. The molecule has 1 heterocycles. The summed E-state index contributed by atoms with van der Waals surface area (Å²) in [5, 5.41) is 1.48. The number of hydrogen-bond donors (Lipinski definition) is 0. The van der Waals surface area contributed by atoms with Crippen LogP contribution in [0.25, 0.3) is 22.3 Å². The smallest absolute Gasteiger partial charge is 0.343 e. The van der Waals surface area contributed by atoms with Crippen molar-refractivity contribution in [3.8, 4) is 17.1 Å². The molecule has 5 nitrogen and oxygen atoms in total. The Morgan fingerprint density at radius 2 is 1.96 bits per heavy atom. The summed E-state index contributed by atoms with van der Waals surface area (Å²) >= 11 is 6.17. The standard InChI is InChI=1S/C17H13ClN2O3/c1-22-15(21)10-23-13-7-5-11(6-8-13)17-19-9-12-3-2-4-14(18)16(12)20-17/h2-9H,10H2,1H3. The van der Waals surface area contributed by atoms with Crippen LogP contribution in [0.4, 0.5) is 0 Å². The molecule has 0 spiro atoms. The summed E-state index contributed by atoms with van der Waals surface area (Å²) in [6, 6.07) is 12.7. The topological polar surface area (TPSA) is 61.3 Å². The van der Waals surface area contributed by atoms with Gasteiger partial charge in [-0.15, -0.1) is 0 Å². The Hall–Kier alpha value is -2.66. The lowest BCUT2D eigenvalue weighted by Crippen LogP contribution is -2.12. The summed E-state index contributed by atoms with van der Waals surface area (Å²) in [4.78, 5) is 19.9. The highest BCUT2D eigenvalue weighted by Gasteiger charge is 2.07. The number of rotatable bonds is 4. The second kappa shape index (κ2) is 6.62. The van der Waals surface area contributed by atoms with Crippen molar-refractivity contribution in [1.29, 1.82) is 0 Å². The van der Waals surface area contributed by atoms with Gasteiger partial charge in [-0.1, -0.05) is 23.7 Å². The SMILES string of the molecule is COC(=O)COc1ccc(-c2ncc3cccc(Cl)c3n2)cc1. The van der Waals surface area contributed by atoms with Crippen molar-refractivity contribution in [2.75, 3.05) is 13.7 Å². The zero-order valence-electron chi connectivity index (χ0n) is 12.3. The average Bonchev–Trinajstić information content (AvgIpc) is 2.60. The fourth-order valence-electron chi connectivity index (χ4n) is 2.06. The van der Waals surface area contributed by atoms with E-state index in [1.165, 1.54) is 7.11 Å². The Bertz CT molecular complexity index is 850. The molecule has 116 valence electrons. The molecule has 1 aromatic heterocycles. The Kier molecular flexibility index (Phi) is 4.39. The summed E-state index contributed by atoms with van der Waals surface area (Å²) in [6.07, 6.45) is 1.74. The highest BCUT2D eigenvalue weighted by atomic mass is 35.5. The molecule has 0 saturated carbocycles. The number of esters is 1. The molecule has 0 N–H and O–H groups in total. The van der Waals surface area contributed by atoms with E-state index in [4.69, 9.17) is 16.3 Å². The van der Waals surface area contributed by atoms with Gasteiger partial charge in [0.1, 0.15) is 5.75 Å². The molecule has 0 unspecified atom stereocenters. The van der Waals surface area contributed by atoms with E-state index >= 15 is 0 Å². The number of methoxy groups -OCH3 is 1. The van der Waals surface area contributed by atoms with Crippen LogP contribution in [0, 0.1) is 0 Å². The molecule has 23 heavy (non-hydrogen) atoms. The summed E-state index contributed by atoms with van der Waals surface area (Å²) < 4.78 is 9.82. The molecule has 0 radical (unpaired) electrons. The third-order valence-electron chi connectivity index (χ3n) is 3.26. The normalized spacial score (nSPS) is 10.5. The minimum Gasteiger partial charge on any atom is -0.482 e. The van der Waals surface area contributed by atoms with Gasteiger partial charge in [-0.2, -0.15) is 0 Å². The molecule has 2 aromatic carbocycles. The second-order valence-electron chi connectivity index (χ2n) is 4.76. The van der Waals surface area contributed by atoms with Crippen molar-refractivity contribution in [2.45, 2.75) is 0 Å². The molecule has 6 heteroatoms. The quantitative estimate of drug-likeness (QED) is 0.686. The fraction of sp³-hybridized carbons (Fsp3) is 0.118. The van der Waals surface area contributed by atoms with Gasteiger partial charge in [-0.05, 0) is 30.3 Å². The van der Waals surface area contributed by atoms with E-state index in [9.17, 15) is 4.79 Å². The van der Waals surface area contributed by atoms with Gasteiger partial charge in [0.25, 0.3) is 0 Å². The molecule has 0 amide bonds. The van der Waals surface area contributed by atoms with Gasteiger partial charge in [0.15, 0.2) is 12.4 Å². The van der Waals surface area contributed by atoms with Gasteiger partial charge in [0.05, 0.1) is 17.6 Å². The van der Waals surface area contributed by atoms with Crippen molar-refractivity contribution in [1.82, 2.24) is 9.97 Å². The Morgan fingerprint density at radius 3 is 2.70 bits per heavy atom. The number of carbonyl (C=O) groups is 1. The van der Waals surface area contributed by atoms with Crippen LogP contribution in [0.2, 0.25) is 5.02 Å². The first-order valence-electron chi connectivity index (χ1n) is 6.88. The van der Waals surface area contributed by atoms with Gasteiger partial charge < -0.3 is 9.47 Å². The monoisotopic (exact) mass is 328 g/mol. The molecule has 0 saturated heterocycles. The van der Waals surface area contributed by atoms with Gasteiger partial charge in [-0.3, -0.25) is 0 Å². The molecule has 0 bridgehead atoms. The molecule has 0 aliphatic carbocycles. The van der Waals surface area contributed by atoms with E-state index in [0.29, 0.717) is 22.1 Å². The van der Waals surface area contributed by atoms with Crippen LogP contribution in [0.1, 0.15) is 0 Å². The third kappa shape index (κ3) is 3.40. The van der Waals surface area contributed by atoms with E-state index in [1.54, 1.807) is 24.4 Å². The van der Waals surface area contributed by atoms with Gasteiger partial charge in [0.2, 0.25) is 0 Å². The molecule has 0 fully saturated rings. The average molecular weight is 329 g/mol. The van der Waals surface area contributed by atoms with E-state index in [-0.39, 0.29) is 6.61 Å². The first-order chi connectivity index (χ1) is 11.2. The highest BCUT2D eigenvalue weighted by molar-refractivity contribution is 6.35. The minimum atomic E-state index is -0.429. The molecule has 3 aromatic rings. The van der Waals surface area contributed by atoms with Crippen LogP contribution in [-0.4, -0.2) is 29.7 Å². The van der Waals surface area contributed by atoms with Crippen LogP contribution in [0.15, 0.2) is 48.7 Å². The predicted molar refractivity (Wildman–Crippen MR) is 87.5 cm³/mol. The van der Waals surface area contributed by atoms with Crippen molar-refractivity contribution in [2.24, 2.45) is 0 Å². The Balaban J connectivity index is 1.84.